The molecule has 0 saturated carbocycles. The number of nitrogens with one attached hydrogen (secondary N) is 2. The first-order valence-corrected chi connectivity index (χ1v) is 9.11. The minimum Gasteiger partial charge on any atom is -0.338 e. The van der Waals surface area contributed by atoms with Gasteiger partial charge in [0.25, 0.3) is 5.91 Å². The van der Waals surface area contributed by atoms with Gasteiger partial charge in [-0.15, -0.1) is 0 Å². The Bertz CT molecular complexity index is 767. The van der Waals surface area contributed by atoms with Crippen molar-refractivity contribution in [2.75, 3.05) is 31.5 Å². The van der Waals surface area contributed by atoms with Crippen molar-refractivity contribution >= 4 is 40.7 Å². The largest absolute Gasteiger partial charge is 0.338 e. The van der Waals surface area contributed by atoms with Crippen LogP contribution in [0.1, 0.15) is 24.8 Å². The highest BCUT2D eigenvalue weighted by molar-refractivity contribution is 6.42. The fraction of sp³-hybridized carbons (Fsp3) is 0.529. The van der Waals surface area contributed by atoms with Crippen LogP contribution in [0, 0.1) is 0 Å². The Balaban J connectivity index is 1.63. The maximum atomic E-state index is 15.0. The van der Waals surface area contributed by atoms with Crippen LogP contribution in [-0.4, -0.2) is 48.6 Å². The quantitative estimate of drug-likeness (QED) is 0.780. The Morgan fingerprint density at radius 1 is 1.16 bits per heavy atom. The smallest absolute Gasteiger partial charge is 0.260 e. The van der Waals surface area contributed by atoms with Gasteiger partial charge in [0.1, 0.15) is 0 Å². The molecule has 1 spiro atoms. The van der Waals surface area contributed by atoms with Crippen LogP contribution in [-0.2, 0) is 15.0 Å². The van der Waals surface area contributed by atoms with Gasteiger partial charge in [-0.05, 0) is 37.2 Å². The maximum absolute atomic E-state index is 15.0. The molecule has 0 radical (unpaired) electrons. The van der Waals surface area contributed by atoms with Gasteiger partial charge in [0.2, 0.25) is 5.91 Å². The number of anilines is 1. The molecule has 5 nitrogen and oxygen atoms in total. The highest BCUT2D eigenvalue weighted by atomic mass is 35.5. The fourth-order valence-electron chi connectivity index (χ4n) is 4.12. The molecule has 134 valence electrons. The first-order valence-electron chi connectivity index (χ1n) is 8.36. The van der Waals surface area contributed by atoms with Crippen LogP contribution in [0.5, 0.6) is 0 Å². The monoisotopic (exact) mass is 385 g/mol. The van der Waals surface area contributed by atoms with Gasteiger partial charge in [-0.2, -0.15) is 0 Å². The standard InChI is InChI=1S/C17H18Cl2FN3O2/c18-11-7-10-13(8-12(11)19)22-14(24)16(10)3-6-23(9-16)15(25)17(20)1-4-21-5-2-17/h7-8,21H,1-6,9H2,(H,22,24)/t16-/m1/s1. The van der Waals surface area contributed by atoms with E-state index in [0.29, 0.717) is 41.8 Å². The lowest BCUT2D eigenvalue weighted by Gasteiger charge is -2.33. The summed E-state index contributed by atoms with van der Waals surface area (Å²) in [6.45, 7) is 1.49. The zero-order valence-corrected chi connectivity index (χ0v) is 15.0. The fourth-order valence-corrected chi connectivity index (χ4v) is 4.45. The highest BCUT2D eigenvalue weighted by Crippen LogP contribution is 2.47. The first kappa shape index (κ1) is 17.1. The molecule has 2 saturated heterocycles. The van der Waals surface area contributed by atoms with Crippen molar-refractivity contribution in [3.63, 3.8) is 0 Å². The van der Waals surface area contributed by atoms with E-state index in [1.54, 1.807) is 12.1 Å². The Morgan fingerprint density at radius 2 is 1.84 bits per heavy atom. The van der Waals surface area contributed by atoms with Crippen LogP contribution >= 0.6 is 23.2 Å². The zero-order chi connectivity index (χ0) is 17.8. The number of alkyl halides is 1. The van der Waals surface area contributed by atoms with Gasteiger partial charge in [0.05, 0.1) is 15.5 Å². The predicted octanol–water partition coefficient (Wildman–Crippen LogP) is 2.51. The summed E-state index contributed by atoms with van der Waals surface area (Å²) in [7, 11) is 0. The second-order valence-electron chi connectivity index (χ2n) is 7.04. The number of nitrogens with zero attached hydrogens (tertiary/aromatic N) is 1. The molecule has 4 rings (SSSR count). The Morgan fingerprint density at radius 3 is 2.56 bits per heavy atom. The van der Waals surface area contributed by atoms with Gasteiger partial charge in [-0.1, -0.05) is 23.2 Å². The van der Waals surface area contributed by atoms with Crippen molar-refractivity contribution in [1.29, 1.82) is 0 Å². The number of amides is 2. The summed E-state index contributed by atoms with van der Waals surface area (Å²) in [6, 6.07) is 3.31. The third-order valence-corrected chi connectivity index (χ3v) is 6.32. The number of fused-ring (bicyclic) bond motifs is 2. The number of carbonyl (C=O) groups is 2. The number of benzene rings is 1. The summed E-state index contributed by atoms with van der Waals surface area (Å²) in [6.07, 6.45) is 0.781. The lowest BCUT2D eigenvalue weighted by Crippen LogP contribution is -2.51. The number of rotatable bonds is 1. The lowest BCUT2D eigenvalue weighted by atomic mass is 9.81. The van der Waals surface area contributed by atoms with Gasteiger partial charge >= 0.3 is 0 Å². The molecule has 2 amide bonds. The zero-order valence-electron chi connectivity index (χ0n) is 13.5. The van der Waals surface area contributed by atoms with E-state index in [4.69, 9.17) is 23.2 Å². The van der Waals surface area contributed by atoms with Gasteiger partial charge in [0.15, 0.2) is 5.67 Å². The molecule has 25 heavy (non-hydrogen) atoms. The summed E-state index contributed by atoms with van der Waals surface area (Å²) >= 11 is 12.2. The van der Waals surface area contributed by atoms with E-state index >= 15 is 4.39 Å². The van der Waals surface area contributed by atoms with Gasteiger partial charge in [-0.3, -0.25) is 9.59 Å². The van der Waals surface area contributed by atoms with Crippen molar-refractivity contribution < 1.29 is 14.0 Å². The van der Waals surface area contributed by atoms with E-state index in [0.717, 1.165) is 5.56 Å². The average Bonchev–Trinajstić information content (AvgIpc) is 3.13. The molecule has 0 aliphatic carbocycles. The van der Waals surface area contributed by atoms with Crippen LogP contribution in [0.25, 0.3) is 0 Å². The van der Waals surface area contributed by atoms with Crippen molar-refractivity contribution in [2.24, 2.45) is 0 Å². The molecule has 0 bridgehead atoms. The molecular formula is C17H18Cl2FN3O2. The SMILES string of the molecule is O=C(N1CC[C@]2(C1)C(=O)Nc1cc(Cl)c(Cl)cc12)C1(F)CCNCC1. The van der Waals surface area contributed by atoms with Gasteiger partial charge in [-0.25, -0.2) is 4.39 Å². The number of piperidine rings is 1. The second-order valence-corrected chi connectivity index (χ2v) is 7.85. The van der Waals surface area contributed by atoms with Gasteiger partial charge < -0.3 is 15.5 Å². The van der Waals surface area contributed by atoms with E-state index in [9.17, 15) is 9.59 Å². The third-order valence-electron chi connectivity index (χ3n) is 5.59. The molecule has 3 aliphatic rings. The summed E-state index contributed by atoms with van der Waals surface area (Å²) < 4.78 is 15.0. The Hall–Kier alpha value is -1.37. The van der Waals surface area contributed by atoms with Crippen LogP contribution in [0.3, 0.4) is 0 Å². The summed E-state index contributed by atoms with van der Waals surface area (Å²) in [4.78, 5) is 26.9. The molecule has 0 unspecified atom stereocenters. The normalized spacial score (nSPS) is 27.5. The van der Waals surface area contributed by atoms with Crippen LogP contribution < -0.4 is 10.6 Å². The Kier molecular flexibility index (Phi) is 3.98. The lowest BCUT2D eigenvalue weighted by molar-refractivity contribution is -0.145. The topological polar surface area (TPSA) is 61.4 Å². The van der Waals surface area contributed by atoms with Crippen molar-refractivity contribution in [1.82, 2.24) is 10.2 Å². The molecule has 1 aromatic carbocycles. The van der Waals surface area contributed by atoms with Crippen LogP contribution in [0.4, 0.5) is 10.1 Å². The molecule has 2 fully saturated rings. The number of hydrogen-bond donors (Lipinski definition) is 2. The molecule has 1 atom stereocenters. The van der Waals surface area contributed by atoms with Crippen LogP contribution in [0.15, 0.2) is 12.1 Å². The average molecular weight is 386 g/mol. The number of carbonyl (C=O) groups excluding carboxylic acids is 2. The Labute approximate surface area is 154 Å². The minimum absolute atomic E-state index is 0.166. The van der Waals surface area contributed by atoms with Gasteiger partial charge in [0, 0.05) is 31.6 Å². The molecule has 3 aliphatic heterocycles. The molecule has 8 heteroatoms. The molecule has 2 N–H and O–H groups in total. The van der Waals surface area contributed by atoms with Crippen molar-refractivity contribution in [2.45, 2.75) is 30.3 Å². The van der Waals surface area contributed by atoms with Crippen molar-refractivity contribution in [3.8, 4) is 0 Å². The predicted molar refractivity (Wildman–Crippen MR) is 93.9 cm³/mol. The van der Waals surface area contributed by atoms with E-state index in [1.165, 1.54) is 4.90 Å². The van der Waals surface area contributed by atoms with E-state index in [-0.39, 0.29) is 25.3 Å². The summed E-state index contributed by atoms with van der Waals surface area (Å²) in [5.41, 5.74) is -1.36. The molecule has 0 aromatic heterocycles. The minimum atomic E-state index is -1.84. The number of halogens is 3. The summed E-state index contributed by atoms with van der Waals surface area (Å²) in [5.74, 6) is -0.693. The second kappa shape index (κ2) is 5.83. The van der Waals surface area contributed by atoms with Crippen molar-refractivity contribution in [3.05, 3.63) is 27.7 Å². The van der Waals surface area contributed by atoms with E-state index < -0.39 is 17.0 Å². The maximum Gasteiger partial charge on any atom is 0.260 e. The molecule has 3 heterocycles. The molecular weight excluding hydrogens is 368 g/mol. The number of hydrogen-bond acceptors (Lipinski definition) is 3. The van der Waals surface area contributed by atoms with E-state index in [1.807, 2.05) is 0 Å². The van der Waals surface area contributed by atoms with E-state index in [2.05, 4.69) is 10.6 Å². The molecule has 1 aromatic rings. The van der Waals surface area contributed by atoms with Crippen LogP contribution in [0.2, 0.25) is 10.0 Å². The third kappa shape index (κ3) is 2.54. The highest BCUT2D eigenvalue weighted by Gasteiger charge is 2.54. The number of likely N-dealkylation sites (tertiary alicyclic amines) is 1. The first-order chi connectivity index (χ1) is 11.9. The summed E-state index contributed by atoms with van der Waals surface area (Å²) in [5, 5.41) is 6.61.